The van der Waals surface area contributed by atoms with Crippen LogP contribution < -0.4 is 33.0 Å². The number of carboxylic acids is 2. The standard InChI is InChI=1S/C34H28ClFN2O5.2C7H11N5O4.2C7H10N4O5.C7H15NO4.C6H13NO4/c35-24-10-6-20(7-11-24)27-13-8-21(33(39)40)16-23(27)19-43-26-12-14-28(29(36)18-26)32-37-30-17-22(34(41)42)9-15-31(30)38(32)25-4-2-1-3-5-25;2*8-4(9)5-10-1-12(11-5)6-2(13)3(14)7(15)16-6;2*8-4(14)5-9-1-11(10-5)6-2(12)3(13)7(15)16-6;1-8-2-5(10)7(12)6(11)4(8)3-9;8-2-3-5(10)6(11)4(9)1-7-3/h6-18,25H,1-5,19H2,(H,39,40)(H,41,42);2*1-3,6-7,13-15H,(H3,8,9);2*1-3,6-7,12-13,15H,(H2,8,14);4-7,9-12H,2-3H2,1H3;3-11H,1-2H2/t;2-,3+,6?,7+;3*2-,3+,6-,7+;4-,5+,6-,7-;3-,4+,5-,6-/m.011011/s1. The van der Waals surface area contributed by atoms with Gasteiger partial charge in [0, 0.05) is 30.2 Å². The molecule has 33 N–H and O–H groups in total. The molecule has 4 aromatic carbocycles. The minimum Gasteiger partial charge on any atom is -0.489 e. The third-order valence-corrected chi connectivity index (χ3v) is 21.4. The maximum Gasteiger partial charge on any atom is 0.335 e. The van der Waals surface area contributed by atoms with Crippen LogP contribution in [0.5, 0.6) is 5.75 Å². The Kier molecular flexibility index (Phi) is 34.6. The van der Waals surface area contributed by atoms with Gasteiger partial charge >= 0.3 is 11.9 Å². The van der Waals surface area contributed by atoms with Crippen LogP contribution in [0, 0.1) is 16.6 Å². The first kappa shape index (κ1) is 101. The highest BCUT2D eigenvalue weighted by Gasteiger charge is 2.48. The first-order chi connectivity index (χ1) is 61.5. The number of β-amino-alcohol motifs (C(OH)–C–C–N with tert-alkyl or cyclic N) is 2. The Morgan fingerprint density at radius 2 is 0.931 bits per heavy atom. The Bertz CT molecular complexity index is 5020. The summed E-state index contributed by atoms with van der Waals surface area (Å²) in [5, 5.41) is 235. The summed E-state index contributed by atoms with van der Waals surface area (Å²) >= 11 is 6.05. The molecule has 0 bridgehead atoms. The summed E-state index contributed by atoms with van der Waals surface area (Å²) in [6.07, 6.45) is -18.0. The highest BCUT2D eigenvalue weighted by Crippen LogP contribution is 2.39. The van der Waals surface area contributed by atoms with Gasteiger partial charge in [-0.05, 0) is 91.2 Å². The molecule has 0 spiro atoms. The van der Waals surface area contributed by atoms with E-state index in [1.165, 1.54) is 30.9 Å². The molecule has 2 amide bonds. The second-order valence-electron chi connectivity index (χ2n) is 30.0. The van der Waals surface area contributed by atoms with Gasteiger partial charge in [0.2, 0.25) is 23.3 Å². The van der Waals surface area contributed by atoms with Crippen molar-refractivity contribution in [2.45, 2.75) is 192 Å². The number of fused-ring (bicyclic) bond motifs is 1. The number of carbonyl (C=O) groups excluding carboxylic acids is 2. The second kappa shape index (κ2) is 44.6. The molecule has 9 aromatic rings. The number of amidine groups is 2. The molecule has 0 radical (unpaired) electrons. The van der Waals surface area contributed by atoms with E-state index in [-0.39, 0.29) is 90.8 Å². The van der Waals surface area contributed by atoms with Gasteiger partial charge in [0.15, 0.2) is 61.7 Å². The van der Waals surface area contributed by atoms with E-state index in [1.54, 1.807) is 60.5 Å². The Balaban J connectivity index is 0.000000170. The number of likely N-dealkylation sites (tertiary alicyclic amines) is 1. The Labute approximate surface area is 736 Å². The summed E-state index contributed by atoms with van der Waals surface area (Å²) in [5.74, 6) is -4.74. The number of likely N-dealkylation sites (N-methyl/N-ethyl adjacent to an activating group) is 1. The Hall–Kier alpha value is -11.3. The average molecular weight is 1860 g/mol. The molecule has 130 heavy (non-hydrogen) atoms. The number of amides is 2. The molecule has 1 aliphatic carbocycles. The lowest BCUT2D eigenvalue weighted by atomic mass is 9.94. The van der Waals surface area contributed by atoms with E-state index >= 15 is 4.39 Å². The summed E-state index contributed by atoms with van der Waals surface area (Å²) in [6, 6.07) is 20.5. The number of piperidine rings is 2. The van der Waals surface area contributed by atoms with Gasteiger partial charge in [0.05, 0.1) is 71.3 Å². The number of ether oxygens (including phenoxy) is 5. The van der Waals surface area contributed by atoms with E-state index in [0.717, 1.165) is 80.1 Å². The number of carboxylic acid groups (broad SMARTS) is 2. The van der Waals surface area contributed by atoms with Gasteiger partial charge in [-0.15, -0.1) is 20.4 Å². The first-order valence-corrected chi connectivity index (χ1v) is 39.7. The van der Waals surface area contributed by atoms with Crippen molar-refractivity contribution in [3.05, 3.63) is 155 Å². The highest BCUT2D eigenvalue weighted by molar-refractivity contribution is 6.30. The van der Waals surface area contributed by atoms with Gasteiger partial charge in [0.25, 0.3) is 11.8 Å². The third-order valence-electron chi connectivity index (χ3n) is 21.1. The van der Waals surface area contributed by atoms with Crippen LogP contribution in [-0.2, 0) is 25.6 Å². The molecule has 24 atom stereocenters. The summed E-state index contributed by atoms with van der Waals surface area (Å²) in [7, 11) is 1.68. The van der Waals surface area contributed by atoms with Crippen molar-refractivity contribution in [3.63, 3.8) is 0 Å². The monoisotopic (exact) mass is 1860 g/mol. The van der Waals surface area contributed by atoms with Crippen LogP contribution in [0.25, 0.3) is 33.5 Å². The van der Waals surface area contributed by atoms with Gasteiger partial charge in [-0.25, -0.2) is 57.6 Å². The summed E-state index contributed by atoms with van der Waals surface area (Å²) < 4.78 is 47.4. The number of carbonyl (C=O) groups is 4. The molecule has 6 aliphatic heterocycles. The fraction of sp³-hybridized carbons (Fsp3) is 0.480. The van der Waals surface area contributed by atoms with E-state index in [4.69, 9.17) is 115 Å². The van der Waals surface area contributed by atoms with Crippen molar-refractivity contribution in [2.24, 2.45) is 22.9 Å². The van der Waals surface area contributed by atoms with Crippen LogP contribution >= 0.6 is 11.6 Å². The molecule has 53 nitrogen and oxygen atoms in total. The smallest absolute Gasteiger partial charge is 0.335 e. The first-order valence-electron chi connectivity index (χ1n) is 39.3. The third kappa shape index (κ3) is 23.9. The molecule has 11 heterocycles. The molecule has 1 unspecified atom stereocenters. The second-order valence-corrected chi connectivity index (χ2v) is 30.5. The number of nitrogens with one attached hydrogen (secondary N) is 3. The highest BCUT2D eigenvalue weighted by atomic mass is 35.5. The number of nitrogens with zero attached hydrogens (tertiary/aromatic N) is 15. The van der Waals surface area contributed by atoms with E-state index in [2.05, 4.69) is 50.2 Å². The maximum absolute atomic E-state index is 15.8. The molecule has 708 valence electrons. The van der Waals surface area contributed by atoms with Crippen LogP contribution in [-0.4, -0.2) is 377 Å². The van der Waals surface area contributed by atoms with Crippen molar-refractivity contribution in [1.29, 1.82) is 10.8 Å². The minimum atomic E-state index is -1.51. The van der Waals surface area contributed by atoms with Gasteiger partial charge in [0.1, 0.15) is 116 Å². The van der Waals surface area contributed by atoms with Gasteiger partial charge in [-0.3, -0.25) is 25.3 Å². The number of aliphatic hydroxyl groups excluding tert-OH is 20. The molecule has 7 aliphatic rings. The van der Waals surface area contributed by atoms with Crippen LogP contribution in [0.4, 0.5) is 4.39 Å². The average Bonchev–Trinajstić information content (AvgIpc) is 1.60. The lowest BCUT2D eigenvalue weighted by Crippen LogP contribution is -2.61. The number of halogens is 2. The lowest BCUT2D eigenvalue weighted by Gasteiger charge is -2.40. The molecular formula is C75H98ClFN22O31. The number of hydrogen-bond acceptors (Lipinski definition) is 42. The molecule has 1 saturated carbocycles. The van der Waals surface area contributed by atoms with Crippen molar-refractivity contribution in [2.75, 3.05) is 33.4 Å². The van der Waals surface area contributed by atoms with E-state index in [1.807, 2.05) is 12.1 Å². The Morgan fingerprint density at radius 1 is 0.508 bits per heavy atom. The summed E-state index contributed by atoms with van der Waals surface area (Å²) in [5.41, 5.74) is 24.3. The number of benzene rings is 4. The van der Waals surface area contributed by atoms with E-state index in [0.29, 0.717) is 27.5 Å². The fourth-order valence-electron chi connectivity index (χ4n) is 14.0. The Morgan fingerprint density at radius 3 is 1.32 bits per heavy atom. The molecule has 16 rings (SSSR count). The number of nitrogens with two attached hydrogens (primary N) is 4. The summed E-state index contributed by atoms with van der Waals surface area (Å²) in [6.45, 7) is 0.00964. The van der Waals surface area contributed by atoms with Crippen molar-refractivity contribution in [1.82, 2.24) is 78.8 Å². The van der Waals surface area contributed by atoms with E-state index in [9.17, 15) is 90.7 Å². The van der Waals surface area contributed by atoms with Crippen LogP contribution in [0.1, 0.15) is 122 Å². The van der Waals surface area contributed by atoms with Gasteiger partial charge in [-0.1, -0.05) is 49.1 Å². The minimum absolute atomic E-state index is 0.0103. The molecule has 5 aromatic heterocycles. The number of aromatic carboxylic acids is 2. The number of primary amides is 2. The zero-order valence-corrected chi connectivity index (χ0v) is 68.9. The summed E-state index contributed by atoms with van der Waals surface area (Å²) in [4.78, 5) is 65.5. The van der Waals surface area contributed by atoms with Gasteiger partial charge < -0.3 is 169 Å². The number of hydrogen-bond donors (Lipinski definition) is 29. The van der Waals surface area contributed by atoms with E-state index < -0.39 is 177 Å². The van der Waals surface area contributed by atoms with Crippen molar-refractivity contribution >= 4 is 58.1 Å². The maximum atomic E-state index is 15.8. The zero-order chi connectivity index (χ0) is 95.3. The quantitative estimate of drug-likeness (QED) is 0.0280. The number of imidazole rings is 1. The van der Waals surface area contributed by atoms with Crippen LogP contribution in [0.15, 0.2) is 104 Å². The largest absolute Gasteiger partial charge is 0.489 e. The SMILES string of the molecule is CN1C[C@H](O)[C@@H](O)[C@H](O)[C@H]1CO.N=C(N)c1ncn(C2O[C@@H](O)[C@H](O)[C@@H]2O)n1.N=C(N)c1ncn([C@@H]2O[C@H](O)[C@@H](O)[C@H]2O)n1.NC(=O)c1ncn([C@@H]2O[C@H](O)[C@@H](O)[C@H]2O)n1.NC(=O)c1ncn([C@H]2O[C@@H](O)[C@H](O)[C@@H]2O)n1.O=C(O)c1ccc(-c2ccc(Cl)cc2)c(COc2ccc(-c3nc4cc(C(=O)O)ccc4n3C3CCCCC3)c(F)c2)c1.OC[C@H]1NC[C@H](O)[C@@H](O)[C@@H]1O. The van der Waals surface area contributed by atoms with Crippen molar-refractivity contribution in [3.8, 4) is 28.3 Å². The fourth-order valence-corrected chi connectivity index (χ4v) is 14.1. The topological polar surface area (TPSA) is 867 Å². The number of aromatic nitrogens is 14. The normalized spacial score (nSPS) is 29.4. The van der Waals surface area contributed by atoms with Crippen molar-refractivity contribution < 1.29 is 160 Å². The number of nitrogen functional groups attached to an aromatic ring is 2. The predicted molar refractivity (Wildman–Crippen MR) is 433 cm³/mol. The molecule has 55 heteroatoms. The number of rotatable bonds is 18. The molecule has 7 fully saturated rings. The predicted octanol–water partition coefficient (Wildman–Crippen LogP) is -8.79. The number of aliphatic hydroxyl groups is 20. The lowest BCUT2D eigenvalue weighted by molar-refractivity contribution is -0.144. The zero-order valence-electron chi connectivity index (χ0n) is 68.1. The van der Waals surface area contributed by atoms with Gasteiger partial charge in [-0.2, -0.15) is 0 Å². The molecule has 6 saturated heterocycles. The van der Waals surface area contributed by atoms with Crippen LogP contribution in [0.2, 0.25) is 5.02 Å². The molecular weight excluding hydrogens is 1760 g/mol. The van der Waals surface area contributed by atoms with Crippen LogP contribution in [0.3, 0.4) is 0 Å².